The van der Waals surface area contributed by atoms with E-state index in [1.54, 1.807) is 17.7 Å². The van der Waals surface area contributed by atoms with E-state index in [0.29, 0.717) is 0 Å². The van der Waals surface area contributed by atoms with Crippen molar-refractivity contribution < 1.29 is 0 Å². The maximum absolute atomic E-state index is 5.65. The lowest BCUT2D eigenvalue weighted by atomic mass is 10.1. The molecule has 0 atom stereocenters. The normalized spacial score (nSPS) is 11.4. The fourth-order valence-electron chi connectivity index (χ4n) is 1.28. The number of hydrogen-bond donors (Lipinski definition) is 0. The van der Waals surface area contributed by atoms with Gasteiger partial charge in [0.1, 0.15) is 6.34 Å². The van der Waals surface area contributed by atoms with E-state index in [1.807, 2.05) is 26.0 Å². The highest BCUT2D eigenvalue weighted by molar-refractivity contribution is 8.02. The van der Waals surface area contributed by atoms with Crippen LogP contribution in [0.25, 0.3) is 0 Å². The second kappa shape index (κ2) is 7.71. The van der Waals surface area contributed by atoms with Gasteiger partial charge in [-0.25, -0.2) is 4.99 Å². The summed E-state index contributed by atoms with van der Waals surface area (Å²) >= 11 is 18.0. The van der Waals surface area contributed by atoms with Crippen molar-refractivity contribution >= 4 is 71.2 Å². The second-order valence-electron chi connectivity index (χ2n) is 3.62. The zero-order valence-corrected chi connectivity index (χ0v) is 14.1. The van der Waals surface area contributed by atoms with Crippen LogP contribution >= 0.6 is 59.2 Å². The Morgan fingerprint density at radius 2 is 1.89 bits per heavy atom. The summed E-state index contributed by atoms with van der Waals surface area (Å²) in [5.74, 6) is 0. The lowest BCUT2D eigenvalue weighted by Crippen LogP contribution is -2.12. The van der Waals surface area contributed by atoms with Crippen LogP contribution in [0.2, 0.25) is 0 Å². The number of benzene rings is 1. The summed E-state index contributed by atoms with van der Waals surface area (Å²) in [6, 6.07) is 6.06. The maximum Gasteiger partial charge on any atom is 0.256 e. The molecular formula is C11H14Cl4N2S. The highest BCUT2D eigenvalue weighted by Crippen LogP contribution is 2.39. The van der Waals surface area contributed by atoms with Gasteiger partial charge in [-0.3, -0.25) is 0 Å². The summed E-state index contributed by atoms with van der Waals surface area (Å²) in [5, 5.41) is 0. The van der Waals surface area contributed by atoms with E-state index in [1.165, 1.54) is 5.56 Å². The average molecular weight is 348 g/mol. The van der Waals surface area contributed by atoms with E-state index >= 15 is 0 Å². The molecule has 0 amide bonds. The summed E-state index contributed by atoms with van der Waals surface area (Å²) in [5.41, 5.74) is 3.24. The number of rotatable bonds is 3. The predicted octanol–water partition coefficient (Wildman–Crippen LogP) is 5.29. The largest absolute Gasteiger partial charge is 0.306 e. The Balaban J connectivity index is 0.00000289. The van der Waals surface area contributed by atoms with Crippen molar-refractivity contribution in [1.29, 1.82) is 0 Å². The van der Waals surface area contributed by atoms with Crippen LogP contribution < -0.4 is 0 Å². The van der Waals surface area contributed by atoms with E-state index in [2.05, 4.69) is 11.1 Å². The highest BCUT2D eigenvalue weighted by Gasteiger charge is 2.22. The zero-order valence-electron chi connectivity index (χ0n) is 10.2. The van der Waals surface area contributed by atoms with Gasteiger partial charge in [-0.05, 0) is 25.5 Å². The van der Waals surface area contributed by atoms with Crippen molar-refractivity contribution in [2.45, 2.75) is 17.0 Å². The van der Waals surface area contributed by atoms with Gasteiger partial charge in [0.05, 0.1) is 5.69 Å². The fraction of sp³-hybridized carbons (Fsp3) is 0.364. The minimum atomic E-state index is -1.37. The van der Waals surface area contributed by atoms with Crippen LogP contribution in [0.1, 0.15) is 11.1 Å². The Bertz CT molecular complexity index is 418. The minimum Gasteiger partial charge on any atom is -0.306 e. The van der Waals surface area contributed by atoms with Crippen LogP contribution in [0.5, 0.6) is 0 Å². The molecule has 0 saturated heterocycles. The molecule has 0 saturated carbocycles. The topological polar surface area (TPSA) is 15.6 Å². The number of nitrogens with zero attached hydrogens (tertiary/aromatic N) is 2. The molecule has 0 aromatic heterocycles. The monoisotopic (exact) mass is 346 g/mol. The van der Waals surface area contributed by atoms with Crippen LogP contribution in [0.3, 0.4) is 0 Å². The summed E-state index contributed by atoms with van der Waals surface area (Å²) in [7, 11) is 1.78. The molecule has 0 aliphatic heterocycles. The molecule has 0 spiro atoms. The number of alkyl halides is 3. The second-order valence-corrected chi connectivity index (χ2v) is 7.94. The zero-order chi connectivity index (χ0) is 13.1. The third-order valence-electron chi connectivity index (χ3n) is 1.96. The third-order valence-corrected chi connectivity index (χ3v) is 3.17. The molecule has 0 unspecified atom stereocenters. The molecule has 2 nitrogen and oxygen atoms in total. The van der Waals surface area contributed by atoms with E-state index in [0.717, 1.165) is 23.2 Å². The first-order chi connectivity index (χ1) is 7.78. The van der Waals surface area contributed by atoms with Crippen molar-refractivity contribution in [1.82, 2.24) is 4.31 Å². The maximum atomic E-state index is 5.65. The Morgan fingerprint density at radius 3 is 2.39 bits per heavy atom. The van der Waals surface area contributed by atoms with Gasteiger partial charge in [0, 0.05) is 19.0 Å². The van der Waals surface area contributed by atoms with Gasteiger partial charge in [-0.1, -0.05) is 52.5 Å². The average Bonchev–Trinajstić information content (AvgIpc) is 2.13. The molecule has 0 N–H and O–H groups in total. The SMILES string of the molecule is Cc1ccc(N=CN(C)SC(Cl)(Cl)Cl)c(C)c1.Cl. The quantitative estimate of drug-likeness (QED) is 0.319. The summed E-state index contributed by atoms with van der Waals surface area (Å²) in [6.45, 7) is 4.06. The van der Waals surface area contributed by atoms with Crippen LogP contribution in [-0.2, 0) is 0 Å². The first kappa shape index (κ1) is 18.2. The van der Waals surface area contributed by atoms with E-state index in [4.69, 9.17) is 34.8 Å². The van der Waals surface area contributed by atoms with Gasteiger partial charge in [0.2, 0.25) is 0 Å². The van der Waals surface area contributed by atoms with Crippen LogP contribution in [0.4, 0.5) is 5.69 Å². The van der Waals surface area contributed by atoms with Crippen molar-refractivity contribution in [3.8, 4) is 0 Å². The minimum absolute atomic E-state index is 0. The molecule has 1 aromatic carbocycles. The lowest BCUT2D eigenvalue weighted by molar-refractivity contribution is 0.870. The molecule has 7 heteroatoms. The summed E-state index contributed by atoms with van der Waals surface area (Å²) in [6.07, 6.45) is 1.63. The van der Waals surface area contributed by atoms with Crippen LogP contribution in [-0.4, -0.2) is 20.8 Å². The molecule has 0 heterocycles. The molecule has 102 valence electrons. The first-order valence-electron chi connectivity index (χ1n) is 4.88. The number of halogens is 4. The van der Waals surface area contributed by atoms with Crippen molar-refractivity contribution in [2.24, 2.45) is 4.99 Å². The van der Waals surface area contributed by atoms with Gasteiger partial charge in [-0.2, -0.15) is 0 Å². The summed E-state index contributed by atoms with van der Waals surface area (Å²) in [4.78, 5) is 4.34. The molecule has 0 aliphatic carbocycles. The molecule has 0 radical (unpaired) electrons. The Kier molecular flexibility index (Phi) is 7.79. The Morgan fingerprint density at radius 1 is 1.28 bits per heavy atom. The van der Waals surface area contributed by atoms with Crippen molar-refractivity contribution in [2.75, 3.05) is 7.05 Å². The predicted molar refractivity (Wildman–Crippen MR) is 87.0 cm³/mol. The number of aryl methyl sites for hydroxylation is 2. The molecule has 1 aromatic rings. The van der Waals surface area contributed by atoms with Gasteiger partial charge < -0.3 is 4.31 Å². The molecule has 0 fully saturated rings. The van der Waals surface area contributed by atoms with Gasteiger partial charge in [0.25, 0.3) is 3.12 Å². The molecule has 18 heavy (non-hydrogen) atoms. The van der Waals surface area contributed by atoms with Gasteiger partial charge >= 0.3 is 0 Å². The Hall–Kier alpha value is 0.200. The van der Waals surface area contributed by atoms with Crippen molar-refractivity contribution in [3.05, 3.63) is 29.3 Å². The van der Waals surface area contributed by atoms with Crippen LogP contribution in [0, 0.1) is 13.8 Å². The van der Waals surface area contributed by atoms with E-state index in [9.17, 15) is 0 Å². The third kappa shape index (κ3) is 6.95. The van der Waals surface area contributed by atoms with E-state index in [-0.39, 0.29) is 12.4 Å². The highest BCUT2D eigenvalue weighted by atomic mass is 35.6. The van der Waals surface area contributed by atoms with Crippen molar-refractivity contribution in [3.63, 3.8) is 0 Å². The molecule has 0 bridgehead atoms. The van der Waals surface area contributed by atoms with E-state index < -0.39 is 3.12 Å². The number of hydrogen-bond acceptors (Lipinski definition) is 2. The Labute approximate surface area is 133 Å². The molecule has 0 aliphatic rings. The standard InChI is InChI=1S/C11H13Cl3N2S.ClH/c1-8-4-5-10(9(2)6-8)15-7-16(3)17-11(12,13)14;/h4-7H,1-3H3;1H. The smallest absolute Gasteiger partial charge is 0.256 e. The first-order valence-corrected chi connectivity index (χ1v) is 6.79. The fourth-order valence-corrected chi connectivity index (χ4v) is 2.68. The van der Waals surface area contributed by atoms with Gasteiger partial charge in [0.15, 0.2) is 0 Å². The molecule has 1 rings (SSSR count). The molecular weight excluding hydrogens is 334 g/mol. The summed E-state index contributed by atoms with van der Waals surface area (Å²) < 4.78 is 0.287. The lowest BCUT2D eigenvalue weighted by Gasteiger charge is -2.17. The van der Waals surface area contributed by atoms with Crippen LogP contribution in [0.15, 0.2) is 23.2 Å². The number of aliphatic imine (C=N–C) groups is 1. The van der Waals surface area contributed by atoms with Gasteiger partial charge in [-0.15, -0.1) is 12.4 Å².